The Morgan fingerprint density at radius 1 is 1.36 bits per heavy atom. The normalized spacial score (nSPS) is 26.1. The minimum atomic E-state index is 0.241. The van der Waals surface area contributed by atoms with Crippen molar-refractivity contribution >= 4 is 5.91 Å². The van der Waals surface area contributed by atoms with Crippen LogP contribution in [0, 0.1) is 5.92 Å². The summed E-state index contributed by atoms with van der Waals surface area (Å²) in [5.41, 5.74) is 2.71. The predicted molar refractivity (Wildman–Crippen MR) is 59.0 cm³/mol. The Balaban J connectivity index is 2.58. The van der Waals surface area contributed by atoms with Gasteiger partial charge in [0, 0.05) is 12.6 Å². The van der Waals surface area contributed by atoms with Crippen LogP contribution in [0.4, 0.5) is 0 Å². The number of hydrogen-bond acceptors (Lipinski definition) is 1. The van der Waals surface area contributed by atoms with E-state index in [-0.39, 0.29) is 5.92 Å². The molecule has 1 heterocycles. The Labute approximate surface area is 87.0 Å². The van der Waals surface area contributed by atoms with Gasteiger partial charge < -0.3 is 4.90 Å². The highest BCUT2D eigenvalue weighted by Crippen LogP contribution is 2.31. The molecule has 0 aromatic rings. The summed E-state index contributed by atoms with van der Waals surface area (Å²) in [6.07, 6.45) is 0.943. The number of rotatable bonds is 3. The second-order valence-corrected chi connectivity index (χ2v) is 4.46. The van der Waals surface area contributed by atoms with Gasteiger partial charge in [0.05, 0.1) is 5.92 Å². The second kappa shape index (κ2) is 4.16. The zero-order chi connectivity index (χ0) is 10.9. The summed E-state index contributed by atoms with van der Waals surface area (Å²) in [6.45, 7) is 11.4. The predicted octanol–water partition coefficient (Wildman–Crippen LogP) is 2.60. The average Bonchev–Trinajstić information content (AvgIpc) is 2.14. The molecule has 0 bridgehead atoms. The fraction of sp³-hybridized carbons (Fsp3) is 0.750. The van der Waals surface area contributed by atoms with Crippen LogP contribution >= 0.6 is 0 Å². The van der Waals surface area contributed by atoms with E-state index in [0.717, 1.165) is 13.0 Å². The van der Waals surface area contributed by atoms with Crippen LogP contribution in [0.2, 0.25) is 0 Å². The molecule has 1 saturated heterocycles. The molecule has 0 unspecified atom stereocenters. The number of amides is 1. The molecule has 0 spiro atoms. The summed E-state index contributed by atoms with van der Waals surface area (Å²) in [7, 11) is 0. The summed E-state index contributed by atoms with van der Waals surface area (Å²) in [4.78, 5) is 13.6. The van der Waals surface area contributed by atoms with Gasteiger partial charge in [0.2, 0.25) is 5.91 Å². The number of hydrogen-bond donors (Lipinski definition) is 0. The molecule has 1 aliphatic rings. The molecule has 2 atom stereocenters. The van der Waals surface area contributed by atoms with Gasteiger partial charge in [0.1, 0.15) is 0 Å². The van der Waals surface area contributed by atoms with Crippen molar-refractivity contribution in [2.75, 3.05) is 6.54 Å². The van der Waals surface area contributed by atoms with Gasteiger partial charge in [-0.25, -0.2) is 0 Å². The Morgan fingerprint density at radius 2 is 1.93 bits per heavy atom. The lowest BCUT2D eigenvalue weighted by atomic mass is 9.83. The number of carbonyl (C=O) groups is 1. The van der Waals surface area contributed by atoms with Crippen LogP contribution in [-0.2, 0) is 4.79 Å². The molecule has 1 amide bonds. The van der Waals surface area contributed by atoms with Crippen molar-refractivity contribution in [2.45, 2.75) is 47.1 Å². The SMILES string of the molecule is CCN1C(=O)[C@H](CC(C)=C(C)C)[C@H]1C. The molecule has 1 rings (SSSR count). The van der Waals surface area contributed by atoms with E-state index in [1.54, 1.807) is 0 Å². The van der Waals surface area contributed by atoms with E-state index in [9.17, 15) is 4.79 Å². The van der Waals surface area contributed by atoms with E-state index in [1.165, 1.54) is 11.1 Å². The molecular formula is C12H21NO. The zero-order valence-electron chi connectivity index (χ0n) is 9.92. The fourth-order valence-electron chi connectivity index (χ4n) is 1.99. The Kier molecular flexibility index (Phi) is 3.35. The molecule has 80 valence electrons. The molecule has 1 fully saturated rings. The van der Waals surface area contributed by atoms with Crippen molar-refractivity contribution in [3.63, 3.8) is 0 Å². The number of nitrogens with zero attached hydrogens (tertiary/aromatic N) is 1. The molecule has 0 aromatic carbocycles. The lowest BCUT2D eigenvalue weighted by molar-refractivity contribution is -0.154. The van der Waals surface area contributed by atoms with Crippen molar-refractivity contribution in [1.29, 1.82) is 0 Å². The monoisotopic (exact) mass is 195 g/mol. The molecule has 0 aliphatic carbocycles. The van der Waals surface area contributed by atoms with Crippen LogP contribution in [0.3, 0.4) is 0 Å². The molecule has 0 aromatic heterocycles. The topological polar surface area (TPSA) is 20.3 Å². The molecule has 0 radical (unpaired) electrons. The van der Waals surface area contributed by atoms with Crippen molar-refractivity contribution in [2.24, 2.45) is 5.92 Å². The number of β-lactam (4-membered cyclic amide) rings is 1. The molecule has 14 heavy (non-hydrogen) atoms. The molecule has 2 nitrogen and oxygen atoms in total. The van der Waals surface area contributed by atoms with E-state index >= 15 is 0 Å². The van der Waals surface area contributed by atoms with Crippen LogP contribution in [0.1, 0.15) is 41.0 Å². The van der Waals surface area contributed by atoms with Crippen LogP contribution in [0.25, 0.3) is 0 Å². The summed E-state index contributed by atoms with van der Waals surface area (Å²) in [6, 6.07) is 0.432. The van der Waals surface area contributed by atoms with Gasteiger partial charge >= 0.3 is 0 Å². The maximum Gasteiger partial charge on any atom is 0.228 e. The molecule has 1 aliphatic heterocycles. The highest BCUT2D eigenvalue weighted by molar-refractivity contribution is 5.86. The molecular weight excluding hydrogens is 174 g/mol. The quantitative estimate of drug-likeness (QED) is 0.500. The van der Waals surface area contributed by atoms with Gasteiger partial charge in [-0.3, -0.25) is 4.79 Å². The van der Waals surface area contributed by atoms with Crippen LogP contribution < -0.4 is 0 Å². The first-order valence-corrected chi connectivity index (χ1v) is 5.42. The van der Waals surface area contributed by atoms with Crippen LogP contribution in [0.5, 0.6) is 0 Å². The lowest BCUT2D eigenvalue weighted by Crippen LogP contribution is -2.59. The van der Waals surface area contributed by atoms with Crippen molar-refractivity contribution in [3.8, 4) is 0 Å². The second-order valence-electron chi connectivity index (χ2n) is 4.46. The first-order chi connectivity index (χ1) is 6.49. The van der Waals surface area contributed by atoms with Crippen molar-refractivity contribution < 1.29 is 4.79 Å². The van der Waals surface area contributed by atoms with Gasteiger partial charge in [-0.15, -0.1) is 0 Å². The fourth-order valence-corrected chi connectivity index (χ4v) is 1.99. The van der Waals surface area contributed by atoms with E-state index in [2.05, 4.69) is 27.7 Å². The maximum atomic E-state index is 11.7. The maximum absolute atomic E-state index is 11.7. The van der Waals surface area contributed by atoms with Gasteiger partial charge in [-0.05, 0) is 41.0 Å². The van der Waals surface area contributed by atoms with Gasteiger partial charge in [-0.1, -0.05) is 11.1 Å². The summed E-state index contributed by atoms with van der Waals surface area (Å²) < 4.78 is 0. The van der Waals surface area contributed by atoms with E-state index in [0.29, 0.717) is 11.9 Å². The Bertz CT molecular complexity index is 263. The lowest BCUT2D eigenvalue weighted by Gasteiger charge is -2.45. The Hall–Kier alpha value is -0.790. The number of allylic oxidation sites excluding steroid dienone is 2. The number of likely N-dealkylation sites (tertiary alicyclic amines) is 1. The zero-order valence-corrected chi connectivity index (χ0v) is 9.92. The van der Waals surface area contributed by atoms with Gasteiger partial charge in [-0.2, -0.15) is 0 Å². The molecule has 0 N–H and O–H groups in total. The molecule has 2 heteroatoms. The summed E-state index contributed by atoms with van der Waals surface area (Å²) >= 11 is 0. The third kappa shape index (κ3) is 1.84. The smallest absolute Gasteiger partial charge is 0.228 e. The van der Waals surface area contributed by atoms with Crippen molar-refractivity contribution in [3.05, 3.63) is 11.1 Å². The van der Waals surface area contributed by atoms with Gasteiger partial charge in [0.15, 0.2) is 0 Å². The van der Waals surface area contributed by atoms with Crippen LogP contribution in [-0.4, -0.2) is 23.4 Å². The van der Waals surface area contributed by atoms with Crippen molar-refractivity contribution in [1.82, 2.24) is 4.90 Å². The minimum absolute atomic E-state index is 0.241. The third-order valence-corrected chi connectivity index (χ3v) is 3.39. The first kappa shape index (κ1) is 11.3. The number of carbonyl (C=O) groups excluding carboxylic acids is 1. The summed E-state index contributed by atoms with van der Waals surface area (Å²) in [5.74, 6) is 0.574. The standard InChI is InChI=1S/C12H21NO/c1-6-13-10(5)11(12(13)14)7-9(4)8(2)3/h10-11H,6-7H2,1-5H3/t10-,11-/m1/s1. The summed E-state index contributed by atoms with van der Waals surface area (Å²) in [5, 5.41) is 0. The third-order valence-electron chi connectivity index (χ3n) is 3.39. The van der Waals surface area contributed by atoms with E-state index < -0.39 is 0 Å². The average molecular weight is 195 g/mol. The Morgan fingerprint density at radius 3 is 2.29 bits per heavy atom. The van der Waals surface area contributed by atoms with E-state index in [1.807, 2.05) is 11.8 Å². The first-order valence-electron chi connectivity index (χ1n) is 5.42. The van der Waals surface area contributed by atoms with Crippen LogP contribution in [0.15, 0.2) is 11.1 Å². The van der Waals surface area contributed by atoms with E-state index in [4.69, 9.17) is 0 Å². The molecule has 0 saturated carbocycles. The largest absolute Gasteiger partial charge is 0.339 e. The minimum Gasteiger partial charge on any atom is -0.339 e. The highest BCUT2D eigenvalue weighted by Gasteiger charge is 2.42. The van der Waals surface area contributed by atoms with Gasteiger partial charge in [0.25, 0.3) is 0 Å². The highest BCUT2D eigenvalue weighted by atomic mass is 16.2.